The number of halogens is 2. The number of hydrogen-bond acceptors (Lipinski definition) is 2. The van der Waals surface area contributed by atoms with Crippen molar-refractivity contribution in [2.24, 2.45) is 0 Å². The maximum Gasteiger partial charge on any atom is 0.0551 e. The van der Waals surface area contributed by atoms with Crippen LogP contribution >= 0.6 is 31.9 Å². The van der Waals surface area contributed by atoms with E-state index >= 15 is 0 Å². The van der Waals surface area contributed by atoms with Gasteiger partial charge in [-0.25, -0.2) is 0 Å². The molecule has 1 fully saturated rings. The lowest BCUT2D eigenvalue weighted by Crippen LogP contribution is -2.43. The Kier molecular flexibility index (Phi) is 3.47. The molecule has 1 heterocycles. The van der Waals surface area contributed by atoms with Crippen LogP contribution in [-0.2, 0) is 0 Å². The first-order valence-corrected chi connectivity index (χ1v) is 6.27. The van der Waals surface area contributed by atoms with Crippen LogP contribution in [0.2, 0.25) is 0 Å². The van der Waals surface area contributed by atoms with Gasteiger partial charge in [-0.3, -0.25) is 0 Å². The number of benzene rings is 1. The average Bonchev–Trinajstić information content (AvgIpc) is 2.23. The number of piperazine rings is 1. The molecule has 0 spiro atoms. The van der Waals surface area contributed by atoms with Crippen molar-refractivity contribution >= 4 is 37.5 Å². The van der Waals surface area contributed by atoms with E-state index in [0.717, 1.165) is 35.1 Å². The fourth-order valence-electron chi connectivity index (χ4n) is 1.64. The molecule has 76 valence electrons. The monoisotopic (exact) mass is 318 g/mol. The molecular weight excluding hydrogens is 308 g/mol. The van der Waals surface area contributed by atoms with Gasteiger partial charge in [-0.15, -0.1) is 0 Å². The first kappa shape index (κ1) is 10.5. The predicted molar refractivity (Wildman–Crippen MR) is 66.9 cm³/mol. The largest absolute Gasteiger partial charge is 0.368 e. The molecule has 4 heteroatoms. The first-order chi connectivity index (χ1) is 6.79. The summed E-state index contributed by atoms with van der Waals surface area (Å²) < 4.78 is 2.27. The maximum atomic E-state index is 3.61. The Morgan fingerprint density at radius 1 is 1.14 bits per heavy atom. The molecule has 1 aromatic rings. The van der Waals surface area contributed by atoms with E-state index < -0.39 is 0 Å². The lowest BCUT2D eigenvalue weighted by Gasteiger charge is -2.30. The van der Waals surface area contributed by atoms with E-state index in [0.29, 0.717) is 0 Å². The first-order valence-electron chi connectivity index (χ1n) is 4.69. The Labute approximate surface area is 101 Å². The lowest BCUT2D eigenvalue weighted by molar-refractivity contribution is 0.588. The Morgan fingerprint density at radius 2 is 1.86 bits per heavy atom. The molecule has 0 radical (unpaired) electrons. The van der Waals surface area contributed by atoms with Crippen LogP contribution in [0.4, 0.5) is 5.69 Å². The molecule has 1 aliphatic rings. The molecule has 0 bridgehead atoms. The highest BCUT2D eigenvalue weighted by molar-refractivity contribution is 9.13. The van der Waals surface area contributed by atoms with Crippen molar-refractivity contribution in [2.45, 2.75) is 0 Å². The summed E-state index contributed by atoms with van der Waals surface area (Å²) >= 11 is 7.13. The summed E-state index contributed by atoms with van der Waals surface area (Å²) in [5.41, 5.74) is 1.28. The van der Waals surface area contributed by atoms with E-state index in [2.05, 4.69) is 60.3 Å². The maximum absolute atomic E-state index is 3.61. The number of rotatable bonds is 1. The third-order valence-corrected chi connectivity index (χ3v) is 4.42. The van der Waals surface area contributed by atoms with E-state index in [1.165, 1.54) is 5.69 Å². The second-order valence-corrected chi connectivity index (χ2v) is 4.96. The normalized spacial score (nSPS) is 17.1. The van der Waals surface area contributed by atoms with Crippen LogP contribution in [0, 0.1) is 0 Å². The standard InChI is InChI=1S/C10H12Br2N2/c11-8-2-1-3-9(10(8)12)14-6-4-13-5-7-14/h1-3,13H,4-7H2. The summed E-state index contributed by atoms with van der Waals surface area (Å²) in [5.74, 6) is 0. The fourth-order valence-corrected chi connectivity index (χ4v) is 2.51. The zero-order valence-electron chi connectivity index (χ0n) is 7.76. The quantitative estimate of drug-likeness (QED) is 0.856. The summed E-state index contributed by atoms with van der Waals surface area (Å²) in [5, 5.41) is 3.35. The van der Waals surface area contributed by atoms with Crippen LogP contribution in [0.15, 0.2) is 27.1 Å². The molecule has 0 aromatic heterocycles. The van der Waals surface area contributed by atoms with Crippen molar-refractivity contribution in [1.29, 1.82) is 0 Å². The second kappa shape index (κ2) is 4.64. The second-order valence-electron chi connectivity index (χ2n) is 3.31. The van der Waals surface area contributed by atoms with Gasteiger partial charge in [0.15, 0.2) is 0 Å². The topological polar surface area (TPSA) is 15.3 Å². The molecule has 2 nitrogen and oxygen atoms in total. The van der Waals surface area contributed by atoms with Crippen LogP contribution in [0.5, 0.6) is 0 Å². The van der Waals surface area contributed by atoms with Crippen molar-refractivity contribution in [1.82, 2.24) is 5.32 Å². The van der Waals surface area contributed by atoms with Crippen molar-refractivity contribution in [3.63, 3.8) is 0 Å². The summed E-state index contributed by atoms with van der Waals surface area (Å²) in [7, 11) is 0. The summed E-state index contributed by atoms with van der Waals surface area (Å²) in [6, 6.07) is 6.28. The van der Waals surface area contributed by atoms with E-state index in [1.807, 2.05) is 0 Å². The highest BCUT2D eigenvalue weighted by Gasteiger charge is 2.13. The van der Waals surface area contributed by atoms with Gasteiger partial charge in [-0.2, -0.15) is 0 Å². The zero-order valence-corrected chi connectivity index (χ0v) is 10.9. The van der Waals surface area contributed by atoms with Crippen molar-refractivity contribution in [2.75, 3.05) is 31.1 Å². The van der Waals surface area contributed by atoms with Gasteiger partial charge in [0.25, 0.3) is 0 Å². The lowest BCUT2D eigenvalue weighted by atomic mass is 10.2. The number of hydrogen-bond donors (Lipinski definition) is 1. The molecular formula is C10H12Br2N2. The van der Waals surface area contributed by atoms with Crippen LogP contribution in [-0.4, -0.2) is 26.2 Å². The van der Waals surface area contributed by atoms with Gasteiger partial charge in [-0.1, -0.05) is 6.07 Å². The van der Waals surface area contributed by atoms with E-state index in [-0.39, 0.29) is 0 Å². The van der Waals surface area contributed by atoms with E-state index in [1.54, 1.807) is 0 Å². The van der Waals surface area contributed by atoms with Gasteiger partial charge in [-0.05, 0) is 44.0 Å². The molecule has 1 aliphatic heterocycles. The summed E-state index contributed by atoms with van der Waals surface area (Å²) in [4.78, 5) is 2.39. The third kappa shape index (κ3) is 2.12. The Balaban J connectivity index is 2.26. The molecule has 2 rings (SSSR count). The molecule has 0 amide bonds. The molecule has 1 N–H and O–H groups in total. The minimum atomic E-state index is 1.07. The van der Waals surface area contributed by atoms with Crippen LogP contribution in [0.3, 0.4) is 0 Å². The van der Waals surface area contributed by atoms with Crippen LogP contribution in [0.1, 0.15) is 0 Å². The molecule has 1 aromatic carbocycles. The van der Waals surface area contributed by atoms with Gasteiger partial charge in [0.05, 0.1) is 10.2 Å². The minimum absolute atomic E-state index is 1.07. The van der Waals surface area contributed by atoms with Crippen molar-refractivity contribution < 1.29 is 0 Å². The number of nitrogens with one attached hydrogen (secondary N) is 1. The van der Waals surface area contributed by atoms with E-state index in [4.69, 9.17) is 0 Å². The van der Waals surface area contributed by atoms with Crippen molar-refractivity contribution in [3.8, 4) is 0 Å². The van der Waals surface area contributed by atoms with Gasteiger partial charge in [0.1, 0.15) is 0 Å². The molecule has 0 saturated carbocycles. The predicted octanol–water partition coefficient (Wildman–Crippen LogP) is 2.62. The van der Waals surface area contributed by atoms with Gasteiger partial charge in [0.2, 0.25) is 0 Å². The summed E-state index contributed by atoms with van der Waals surface area (Å²) in [6.45, 7) is 4.29. The highest BCUT2D eigenvalue weighted by atomic mass is 79.9. The SMILES string of the molecule is Brc1cccc(N2CCNCC2)c1Br. The Morgan fingerprint density at radius 3 is 2.57 bits per heavy atom. The van der Waals surface area contributed by atoms with Gasteiger partial charge in [0, 0.05) is 30.7 Å². The zero-order chi connectivity index (χ0) is 9.97. The molecule has 0 unspecified atom stereocenters. The number of anilines is 1. The minimum Gasteiger partial charge on any atom is -0.368 e. The Bertz CT molecular complexity index is 322. The Hall–Kier alpha value is -0.0600. The summed E-state index contributed by atoms with van der Waals surface area (Å²) in [6.07, 6.45) is 0. The molecule has 14 heavy (non-hydrogen) atoms. The van der Waals surface area contributed by atoms with Crippen molar-refractivity contribution in [3.05, 3.63) is 27.1 Å². The average molecular weight is 320 g/mol. The van der Waals surface area contributed by atoms with E-state index in [9.17, 15) is 0 Å². The smallest absolute Gasteiger partial charge is 0.0551 e. The molecule has 0 atom stereocenters. The van der Waals surface area contributed by atoms with Crippen LogP contribution < -0.4 is 10.2 Å². The van der Waals surface area contributed by atoms with Gasteiger partial charge >= 0.3 is 0 Å². The van der Waals surface area contributed by atoms with Crippen LogP contribution in [0.25, 0.3) is 0 Å². The fraction of sp³-hybridized carbons (Fsp3) is 0.400. The molecule has 1 saturated heterocycles. The van der Waals surface area contributed by atoms with Gasteiger partial charge < -0.3 is 10.2 Å². The number of nitrogens with zero attached hydrogens (tertiary/aromatic N) is 1. The molecule has 0 aliphatic carbocycles. The third-order valence-electron chi connectivity index (χ3n) is 2.39. The highest BCUT2D eigenvalue weighted by Crippen LogP contribution is 2.33.